The van der Waals surface area contributed by atoms with Crippen LogP contribution < -0.4 is 9.47 Å². The van der Waals surface area contributed by atoms with E-state index in [1.807, 2.05) is 0 Å². The number of likely N-dealkylation sites (N-methyl/N-ethyl adjacent to an activating group) is 1. The second-order valence-electron chi connectivity index (χ2n) is 12.3. The molecule has 1 aromatic carbocycles. The highest BCUT2D eigenvalue weighted by atomic mass is 16.6. The zero-order valence-electron chi connectivity index (χ0n) is 21.4. The van der Waals surface area contributed by atoms with E-state index in [1.165, 1.54) is 62.6 Å². The summed E-state index contributed by atoms with van der Waals surface area (Å²) in [5.74, 6) is 4.67. The van der Waals surface area contributed by atoms with E-state index >= 15 is 0 Å². The highest BCUT2D eigenvalue weighted by molar-refractivity contribution is 5.86. The molecule has 0 aromatic heterocycles. The minimum atomic E-state index is 0.159. The van der Waals surface area contributed by atoms with Crippen molar-refractivity contribution in [3.8, 4) is 11.5 Å². The maximum Gasteiger partial charge on any atom is 0.161 e. The number of likely N-dealkylation sites (tertiary alicyclic amines) is 1. The highest BCUT2D eigenvalue weighted by Crippen LogP contribution is 2.61. The smallest absolute Gasteiger partial charge is 0.161 e. The molecule has 0 radical (unpaired) electrons. The lowest BCUT2D eigenvalue weighted by molar-refractivity contribution is -0.0688. The van der Waals surface area contributed by atoms with Gasteiger partial charge in [0.25, 0.3) is 0 Å². The summed E-state index contributed by atoms with van der Waals surface area (Å²) in [6.45, 7) is 1.93. The Morgan fingerprint density at radius 2 is 1.68 bits per heavy atom. The summed E-state index contributed by atoms with van der Waals surface area (Å²) in [5, 5.41) is 4.73. The fourth-order valence-corrected chi connectivity index (χ4v) is 9.16. The first-order valence-corrected chi connectivity index (χ1v) is 13.6. The molecular formula is C29H42N2O3. The Balaban J connectivity index is 1.11. The third-order valence-corrected chi connectivity index (χ3v) is 10.4. The second-order valence-corrected chi connectivity index (χ2v) is 12.3. The number of hydrogen-bond donors (Lipinski definition) is 0. The first-order chi connectivity index (χ1) is 16.5. The van der Waals surface area contributed by atoms with Gasteiger partial charge in [-0.3, -0.25) is 0 Å². The van der Waals surface area contributed by atoms with Crippen LogP contribution in [0.3, 0.4) is 0 Å². The molecule has 1 aromatic rings. The van der Waals surface area contributed by atoms with Crippen LogP contribution in [0.15, 0.2) is 23.4 Å². The molecule has 0 spiro atoms. The lowest BCUT2D eigenvalue weighted by Crippen LogP contribution is -2.46. The van der Waals surface area contributed by atoms with Gasteiger partial charge in [-0.15, -0.1) is 0 Å². The molecule has 5 saturated carbocycles. The molecular weight excluding hydrogens is 424 g/mol. The molecule has 186 valence electrons. The molecule has 5 nitrogen and oxygen atoms in total. The summed E-state index contributed by atoms with van der Waals surface area (Å²) in [7, 11) is 5.70. The number of rotatable bonds is 7. The first-order valence-electron chi connectivity index (χ1n) is 13.6. The number of oxime groups is 1. The summed E-state index contributed by atoms with van der Waals surface area (Å²) in [4.78, 5) is 8.56. The third kappa shape index (κ3) is 3.83. The minimum absolute atomic E-state index is 0.159. The predicted octanol–water partition coefficient (Wildman–Crippen LogP) is 5.81. The van der Waals surface area contributed by atoms with Gasteiger partial charge in [0.1, 0.15) is 6.61 Å². The van der Waals surface area contributed by atoms with E-state index in [-0.39, 0.29) is 5.41 Å². The molecule has 0 amide bonds. The lowest BCUT2D eigenvalue weighted by Gasteiger charge is -2.56. The van der Waals surface area contributed by atoms with E-state index < -0.39 is 0 Å². The maximum atomic E-state index is 6.03. The average Bonchev–Trinajstić information content (AvgIpc) is 3.17. The number of nitrogens with zero attached hydrogens (tertiary/aromatic N) is 2. The summed E-state index contributed by atoms with van der Waals surface area (Å²) < 4.78 is 11.1. The van der Waals surface area contributed by atoms with E-state index in [0.29, 0.717) is 11.5 Å². The normalized spacial score (nSPS) is 39.9. The predicted molar refractivity (Wildman–Crippen MR) is 135 cm³/mol. The van der Waals surface area contributed by atoms with E-state index in [0.717, 1.165) is 61.7 Å². The Kier molecular flexibility index (Phi) is 5.82. The van der Waals surface area contributed by atoms with Crippen LogP contribution in [0.4, 0.5) is 0 Å². The molecule has 5 heteroatoms. The standard InChI is InChI=1S/C29H42N2O3/c1-31-10-8-29(23-4-5-25(32-2)26(15-23)33-3)7-6-24(16-27(29)31)30-34-11-9-28-17-20-12-21(18-28)14-22(13-20)19-28/h4-5,15,20-22,27H,6-14,16-19H2,1-3H3/t20?,21?,22?,27-,28?,29-/m0/s1. The van der Waals surface area contributed by atoms with Crippen LogP contribution in [0.2, 0.25) is 0 Å². The summed E-state index contributed by atoms with van der Waals surface area (Å²) in [5.41, 5.74) is 3.36. The first kappa shape index (κ1) is 22.7. The summed E-state index contributed by atoms with van der Waals surface area (Å²) in [6, 6.07) is 6.98. The van der Waals surface area contributed by atoms with Gasteiger partial charge in [-0.2, -0.15) is 0 Å². The van der Waals surface area contributed by atoms with Gasteiger partial charge in [0.2, 0.25) is 0 Å². The molecule has 5 aliphatic carbocycles. The average molecular weight is 467 g/mol. The van der Waals surface area contributed by atoms with Gasteiger partial charge in [0, 0.05) is 17.9 Å². The largest absolute Gasteiger partial charge is 0.493 e. The van der Waals surface area contributed by atoms with E-state index in [9.17, 15) is 0 Å². The van der Waals surface area contributed by atoms with Gasteiger partial charge < -0.3 is 19.2 Å². The summed E-state index contributed by atoms with van der Waals surface area (Å²) >= 11 is 0. The Bertz CT molecular complexity index is 908. The maximum absolute atomic E-state index is 6.03. The van der Waals surface area contributed by atoms with Gasteiger partial charge in [-0.1, -0.05) is 11.2 Å². The van der Waals surface area contributed by atoms with E-state index in [1.54, 1.807) is 14.2 Å². The van der Waals surface area contributed by atoms with Crippen molar-refractivity contribution in [2.45, 2.75) is 82.1 Å². The number of methoxy groups -OCH3 is 2. The topological polar surface area (TPSA) is 43.3 Å². The van der Waals surface area contributed by atoms with Crippen LogP contribution in [0, 0.1) is 23.2 Å². The number of benzene rings is 1. The van der Waals surface area contributed by atoms with Crippen molar-refractivity contribution in [3.05, 3.63) is 23.8 Å². The zero-order chi connectivity index (χ0) is 23.3. The Morgan fingerprint density at radius 1 is 0.971 bits per heavy atom. The van der Waals surface area contributed by atoms with Crippen LogP contribution in [0.5, 0.6) is 11.5 Å². The van der Waals surface area contributed by atoms with E-state index in [2.05, 4.69) is 30.1 Å². The molecule has 34 heavy (non-hydrogen) atoms. The monoisotopic (exact) mass is 466 g/mol. The van der Waals surface area contributed by atoms with Crippen LogP contribution in [0.25, 0.3) is 0 Å². The number of fused-ring (bicyclic) bond motifs is 1. The van der Waals surface area contributed by atoms with Gasteiger partial charge in [0.05, 0.1) is 19.9 Å². The molecule has 0 unspecified atom stereocenters. The van der Waals surface area contributed by atoms with Crippen molar-refractivity contribution < 1.29 is 14.3 Å². The molecule has 2 atom stereocenters. The molecule has 1 saturated heterocycles. The molecule has 0 N–H and O–H groups in total. The van der Waals surface area contributed by atoms with Gasteiger partial charge >= 0.3 is 0 Å². The molecule has 1 heterocycles. The van der Waals surface area contributed by atoms with Crippen LogP contribution >= 0.6 is 0 Å². The summed E-state index contributed by atoms with van der Waals surface area (Å²) in [6.07, 6.45) is 14.5. The molecule has 4 bridgehead atoms. The fourth-order valence-electron chi connectivity index (χ4n) is 9.16. The molecule has 1 aliphatic heterocycles. The molecule has 7 rings (SSSR count). The lowest BCUT2D eigenvalue weighted by atomic mass is 9.49. The van der Waals surface area contributed by atoms with Crippen LogP contribution in [-0.2, 0) is 10.3 Å². The molecule has 6 fully saturated rings. The quantitative estimate of drug-likeness (QED) is 0.376. The minimum Gasteiger partial charge on any atom is -0.493 e. The number of ether oxygens (including phenoxy) is 2. The number of hydrogen-bond acceptors (Lipinski definition) is 5. The van der Waals surface area contributed by atoms with Gasteiger partial charge in [-0.25, -0.2) is 0 Å². The van der Waals surface area contributed by atoms with Gasteiger partial charge in [-0.05, 0) is 119 Å². The van der Waals surface area contributed by atoms with E-state index in [4.69, 9.17) is 19.5 Å². The second kappa shape index (κ2) is 8.72. The van der Waals surface area contributed by atoms with Crippen molar-refractivity contribution in [1.29, 1.82) is 0 Å². The van der Waals surface area contributed by atoms with Crippen molar-refractivity contribution in [3.63, 3.8) is 0 Å². The van der Waals surface area contributed by atoms with Crippen LogP contribution in [0.1, 0.15) is 76.2 Å². The van der Waals surface area contributed by atoms with Crippen molar-refractivity contribution in [1.82, 2.24) is 4.90 Å². The Labute approximate surface area is 205 Å². The Hall–Kier alpha value is -1.75. The van der Waals surface area contributed by atoms with Gasteiger partial charge in [0.15, 0.2) is 11.5 Å². The third-order valence-electron chi connectivity index (χ3n) is 10.4. The Morgan fingerprint density at radius 3 is 2.35 bits per heavy atom. The van der Waals surface area contributed by atoms with Crippen molar-refractivity contribution >= 4 is 5.71 Å². The van der Waals surface area contributed by atoms with Crippen molar-refractivity contribution in [2.75, 3.05) is 34.4 Å². The highest BCUT2D eigenvalue weighted by Gasteiger charge is 2.51. The van der Waals surface area contributed by atoms with Crippen molar-refractivity contribution in [2.24, 2.45) is 28.3 Å². The van der Waals surface area contributed by atoms with Crippen LogP contribution in [-0.4, -0.2) is 51.1 Å². The zero-order valence-corrected chi connectivity index (χ0v) is 21.4. The molecule has 6 aliphatic rings. The SMILES string of the molecule is COc1ccc([C@@]23CCC(=NOCCC45CC6CC(CC(C6)C4)C5)C[C@@H]2N(C)CC3)cc1OC. The fraction of sp³-hybridized carbons (Fsp3) is 0.759.